The van der Waals surface area contributed by atoms with E-state index in [2.05, 4.69) is 44.4 Å². The smallest absolute Gasteiger partial charge is 0.136 e. The van der Waals surface area contributed by atoms with Crippen LogP contribution in [0, 0.1) is 0 Å². The van der Waals surface area contributed by atoms with E-state index in [1.54, 1.807) is 0 Å². The van der Waals surface area contributed by atoms with Gasteiger partial charge in [0.1, 0.15) is 5.82 Å². The monoisotopic (exact) mass is 286 g/mol. The Labute approximate surface area is 125 Å². The molecule has 0 spiro atoms. The quantitative estimate of drug-likeness (QED) is 0.889. The van der Waals surface area contributed by atoms with Crippen LogP contribution in [0.15, 0.2) is 30.5 Å². The van der Waals surface area contributed by atoms with Gasteiger partial charge >= 0.3 is 0 Å². The molecule has 3 rings (SSSR count). The second kappa shape index (κ2) is 6.28. The Morgan fingerprint density at radius 2 is 2.00 bits per heavy atom. The molecule has 0 bridgehead atoms. The number of hydrogen-bond acceptors (Lipinski definition) is 5. The van der Waals surface area contributed by atoms with Crippen LogP contribution in [0.1, 0.15) is 0 Å². The molecule has 0 aliphatic carbocycles. The number of aromatic nitrogens is 1. The number of fused-ring (bicyclic) bond motifs is 1. The van der Waals surface area contributed by atoms with Gasteiger partial charge in [0.05, 0.1) is 6.61 Å². The Morgan fingerprint density at radius 1 is 1.19 bits per heavy atom. The molecule has 1 aliphatic heterocycles. The number of pyridine rings is 1. The van der Waals surface area contributed by atoms with Gasteiger partial charge in [-0.05, 0) is 23.6 Å². The highest BCUT2D eigenvalue weighted by Crippen LogP contribution is 2.27. The maximum absolute atomic E-state index is 9.03. The van der Waals surface area contributed by atoms with Gasteiger partial charge in [-0.15, -0.1) is 0 Å². The number of rotatable bonds is 4. The third kappa shape index (κ3) is 2.94. The lowest BCUT2D eigenvalue weighted by atomic mass is 10.1. The molecule has 1 aliphatic rings. The molecule has 0 amide bonds. The fraction of sp³-hybridized carbons (Fsp3) is 0.438. The van der Waals surface area contributed by atoms with E-state index in [4.69, 9.17) is 5.11 Å². The molecular weight excluding hydrogens is 264 g/mol. The van der Waals surface area contributed by atoms with Crippen molar-refractivity contribution < 1.29 is 5.11 Å². The van der Waals surface area contributed by atoms with E-state index in [0.717, 1.165) is 44.2 Å². The van der Waals surface area contributed by atoms with Gasteiger partial charge in [0.2, 0.25) is 0 Å². The summed E-state index contributed by atoms with van der Waals surface area (Å²) in [5.74, 6) is 1.06. The molecule has 0 saturated carbocycles. The number of piperazine rings is 1. The molecule has 0 atom stereocenters. The van der Waals surface area contributed by atoms with Crippen molar-refractivity contribution in [3.63, 3.8) is 0 Å². The highest BCUT2D eigenvalue weighted by Gasteiger charge is 2.19. The van der Waals surface area contributed by atoms with Crippen molar-refractivity contribution >= 4 is 22.3 Å². The van der Waals surface area contributed by atoms with Gasteiger partial charge in [-0.2, -0.15) is 0 Å². The molecule has 0 radical (unpaired) electrons. The average Bonchev–Trinajstić information content (AvgIpc) is 2.55. The first-order valence-electron chi connectivity index (χ1n) is 7.46. The number of anilines is 2. The summed E-state index contributed by atoms with van der Waals surface area (Å²) in [6.45, 7) is 4.86. The fourth-order valence-corrected chi connectivity index (χ4v) is 2.89. The number of benzene rings is 1. The minimum Gasteiger partial charge on any atom is -0.395 e. The number of nitrogens with zero attached hydrogens (tertiary/aromatic N) is 3. The van der Waals surface area contributed by atoms with Crippen molar-refractivity contribution in [3.8, 4) is 0 Å². The maximum atomic E-state index is 9.03. The second-order valence-corrected chi connectivity index (χ2v) is 5.37. The number of nitrogens with one attached hydrogen (secondary N) is 1. The van der Waals surface area contributed by atoms with Crippen LogP contribution < -0.4 is 10.2 Å². The first-order chi connectivity index (χ1) is 10.3. The van der Waals surface area contributed by atoms with Crippen molar-refractivity contribution in [2.75, 3.05) is 56.6 Å². The van der Waals surface area contributed by atoms with Crippen LogP contribution in [0.3, 0.4) is 0 Å². The molecule has 21 heavy (non-hydrogen) atoms. The zero-order valence-corrected chi connectivity index (χ0v) is 12.4. The maximum Gasteiger partial charge on any atom is 0.136 e. The molecule has 1 fully saturated rings. The summed E-state index contributed by atoms with van der Waals surface area (Å²) < 4.78 is 0. The zero-order valence-electron chi connectivity index (χ0n) is 12.4. The lowest BCUT2D eigenvalue weighted by Crippen LogP contribution is -2.47. The summed E-state index contributed by atoms with van der Waals surface area (Å²) >= 11 is 0. The van der Waals surface area contributed by atoms with Gasteiger partial charge in [0.15, 0.2) is 0 Å². The lowest BCUT2D eigenvalue weighted by molar-refractivity contribution is 0.188. The Balaban J connectivity index is 1.87. The van der Waals surface area contributed by atoms with Crippen molar-refractivity contribution in [1.29, 1.82) is 0 Å². The van der Waals surface area contributed by atoms with Crippen molar-refractivity contribution in [2.45, 2.75) is 0 Å². The fourth-order valence-electron chi connectivity index (χ4n) is 2.89. The molecule has 5 nitrogen and oxygen atoms in total. The van der Waals surface area contributed by atoms with Gasteiger partial charge < -0.3 is 15.3 Å². The molecule has 1 aromatic carbocycles. The first-order valence-corrected chi connectivity index (χ1v) is 7.46. The highest BCUT2D eigenvalue weighted by atomic mass is 16.3. The van der Waals surface area contributed by atoms with Crippen LogP contribution in [0.4, 0.5) is 11.5 Å². The first kappa shape index (κ1) is 14.1. The zero-order chi connectivity index (χ0) is 14.7. The topological polar surface area (TPSA) is 51.6 Å². The predicted octanol–water partition coefficient (Wildman–Crippen LogP) is 1.39. The van der Waals surface area contributed by atoms with Crippen molar-refractivity contribution in [1.82, 2.24) is 9.88 Å². The third-order valence-electron chi connectivity index (χ3n) is 4.12. The molecule has 2 N–H and O–H groups in total. The molecule has 1 aromatic heterocycles. The van der Waals surface area contributed by atoms with Gasteiger partial charge in [-0.1, -0.05) is 6.07 Å². The SMILES string of the molecule is CNc1ccc2ccnc(N3CCN(CCO)CC3)c2c1. The molecule has 0 unspecified atom stereocenters. The van der Waals surface area contributed by atoms with Gasteiger partial charge in [0, 0.05) is 57.0 Å². The summed E-state index contributed by atoms with van der Waals surface area (Å²) in [5, 5.41) is 14.6. The van der Waals surface area contributed by atoms with Crippen LogP contribution in [0.2, 0.25) is 0 Å². The normalized spacial score (nSPS) is 16.4. The van der Waals surface area contributed by atoms with E-state index in [0.29, 0.717) is 0 Å². The van der Waals surface area contributed by atoms with Gasteiger partial charge in [0.25, 0.3) is 0 Å². The summed E-state index contributed by atoms with van der Waals surface area (Å²) in [4.78, 5) is 9.24. The average molecular weight is 286 g/mol. The van der Waals surface area contributed by atoms with E-state index in [-0.39, 0.29) is 6.61 Å². The molecule has 2 heterocycles. The highest BCUT2D eigenvalue weighted by molar-refractivity contribution is 5.94. The van der Waals surface area contributed by atoms with Gasteiger partial charge in [-0.25, -0.2) is 4.98 Å². The van der Waals surface area contributed by atoms with Crippen LogP contribution in [0.5, 0.6) is 0 Å². The number of hydrogen-bond donors (Lipinski definition) is 2. The molecular formula is C16H22N4O. The minimum absolute atomic E-state index is 0.234. The second-order valence-electron chi connectivity index (χ2n) is 5.37. The largest absolute Gasteiger partial charge is 0.395 e. The Morgan fingerprint density at radius 3 is 2.71 bits per heavy atom. The van der Waals surface area contributed by atoms with E-state index in [1.165, 1.54) is 10.8 Å². The summed E-state index contributed by atoms with van der Waals surface area (Å²) in [6, 6.07) is 8.44. The van der Waals surface area contributed by atoms with E-state index >= 15 is 0 Å². The van der Waals surface area contributed by atoms with Crippen LogP contribution in [-0.4, -0.2) is 61.4 Å². The Kier molecular flexibility index (Phi) is 4.22. The van der Waals surface area contributed by atoms with E-state index < -0.39 is 0 Å². The predicted molar refractivity (Wildman–Crippen MR) is 87.0 cm³/mol. The minimum atomic E-state index is 0.234. The summed E-state index contributed by atoms with van der Waals surface area (Å²) in [6.07, 6.45) is 1.89. The van der Waals surface area contributed by atoms with Crippen LogP contribution in [-0.2, 0) is 0 Å². The van der Waals surface area contributed by atoms with E-state index in [1.807, 2.05) is 13.2 Å². The third-order valence-corrected chi connectivity index (χ3v) is 4.12. The molecule has 2 aromatic rings. The molecule has 1 saturated heterocycles. The summed E-state index contributed by atoms with van der Waals surface area (Å²) in [7, 11) is 1.94. The van der Waals surface area contributed by atoms with Crippen molar-refractivity contribution in [3.05, 3.63) is 30.5 Å². The molecule has 112 valence electrons. The molecule has 5 heteroatoms. The Hall–Kier alpha value is -1.85. The number of β-amino-alcohol motifs (C(OH)–C–C–N with tert-alkyl or cyclic N) is 1. The van der Waals surface area contributed by atoms with Crippen LogP contribution >= 0.6 is 0 Å². The van der Waals surface area contributed by atoms with Crippen molar-refractivity contribution in [2.24, 2.45) is 0 Å². The Bertz CT molecular complexity index is 608. The standard InChI is InChI=1S/C16H22N4O/c1-17-14-3-2-13-4-5-18-16(15(13)12-14)20-8-6-19(7-9-20)10-11-21/h2-5,12,17,21H,6-11H2,1H3. The van der Waals surface area contributed by atoms with Gasteiger partial charge in [-0.3, -0.25) is 4.90 Å². The van der Waals surface area contributed by atoms with Crippen LogP contribution in [0.25, 0.3) is 10.8 Å². The lowest BCUT2D eigenvalue weighted by Gasteiger charge is -2.35. The van der Waals surface area contributed by atoms with E-state index in [9.17, 15) is 0 Å². The number of aliphatic hydroxyl groups excluding tert-OH is 1. The number of aliphatic hydroxyl groups is 1. The summed E-state index contributed by atoms with van der Waals surface area (Å²) in [5.41, 5.74) is 1.11.